The van der Waals surface area contributed by atoms with Gasteiger partial charge in [-0.15, -0.1) is 0 Å². The van der Waals surface area contributed by atoms with Crippen LogP contribution in [0.4, 0.5) is 0 Å². The van der Waals surface area contributed by atoms with Crippen LogP contribution in [0, 0.1) is 5.92 Å². The van der Waals surface area contributed by atoms with Crippen molar-refractivity contribution in [1.29, 1.82) is 0 Å². The number of fused-ring (bicyclic) bond motifs is 4. The molecule has 4 rings (SSSR count). The molecule has 2 bridgehead atoms. The van der Waals surface area contributed by atoms with Crippen LogP contribution in [-0.2, 0) is 27.9 Å². The number of hydrogen-bond donors (Lipinski definition) is 2. The molecule has 172 valence electrons. The predicted molar refractivity (Wildman–Crippen MR) is 116 cm³/mol. The van der Waals surface area contributed by atoms with Crippen molar-refractivity contribution in [3.05, 3.63) is 52.2 Å². The summed E-state index contributed by atoms with van der Waals surface area (Å²) in [6, 6.07) is 4.59. The van der Waals surface area contributed by atoms with Gasteiger partial charge < -0.3 is 15.3 Å². The highest BCUT2D eigenvalue weighted by molar-refractivity contribution is 5.81. The molecule has 2 aliphatic heterocycles. The maximum atomic E-state index is 13.1. The van der Waals surface area contributed by atoms with Gasteiger partial charge in [0.05, 0.1) is 6.20 Å². The van der Waals surface area contributed by atoms with E-state index in [2.05, 4.69) is 10.4 Å². The number of aromatic nitrogens is 3. The van der Waals surface area contributed by atoms with Gasteiger partial charge in [-0.2, -0.15) is 5.10 Å². The summed E-state index contributed by atoms with van der Waals surface area (Å²) >= 11 is 0. The topological polar surface area (TPSA) is 127 Å². The first-order valence-electron chi connectivity index (χ1n) is 10.7. The van der Waals surface area contributed by atoms with E-state index in [1.54, 1.807) is 22.2 Å². The van der Waals surface area contributed by atoms with Gasteiger partial charge in [0, 0.05) is 63.4 Å². The predicted octanol–water partition coefficient (Wildman–Crippen LogP) is 0.538. The minimum absolute atomic E-state index is 0.0158. The second kappa shape index (κ2) is 10.3. The number of likely N-dealkylation sites (tertiary alicyclic amines) is 1. The number of rotatable bonds is 5. The van der Waals surface area contributed by atoms with Gasteiger partial charge in [-0.05, 0) is 30.9 Å². The average Bonchev–Trinajstić information content (AvgIpc) is 3.17. The van der Waals surface area contributed by atoms with Crippen molar-refractivity contribution < 1.29 is 19.5 Å². The molecule has 4 heterocycles. The normalized spacial score (nSPS) is 21.1. The number of amides is 2. The van der Waals surface area contributed by atoms with Crippen molar-refractivity contribution >= 4 is 18.3 Å². The molecule has 3 atom stereocenters. The van der Waals surface area contributed by atoms with E-state index < -0.39 is 6.04 Å². The minimum atomic E-state index is -0.574. The summed E-state index contributed by atoms with van der Waals surface area (Å²) in [5, 5.41) is 14.1. The zero-order chi connectivity index (χ0) is 23.3. The Hall–Kier alpha value is -3.43. The van der Waals surface area contributed by atoms with Gasteiger partial charge in [0.25, 0.3) is 12.0 Å². The number of hydrogen-bond acceptors (Lipinski definition) is 5. The quantitative estimate of drug-likeness (QED) is 0.513. The molecule has 10 nitrogen and oxygen atoms in total. The van der Waals surface area contributed by atoms with Crippen molar-refractivity contribution in [3.8, 4) is 0 Å². The first kappa shape index (κ1) is 23.2. The van der Waals surface area contributed by atoms with Gasteiger partial charge in [0.1, 0.15) is 6.04 Å². The first-order valence-corrected chi connectivity index (χ1v) is 10.7. The molecule has 1 saturated heterocycles. The van der Waals surface area contributed by atoms with Crippen molar-refractivity contribution in [2.45, 2.75) is 38.1 Å². The largest absolute Gasteiger partial charge is 0.483 e. The SMILES string of the molecule is CC(=O)N1C[C@H]2C[C@@H](C1)[C@H](C(=O)NCCCc1cnn(C)c1)n1c2cccc1=O.O=CO. The highest BCUT2D eigenvalue weighted by atomic mass is 16.3. The van der Waals surface area contributed by atoms with Gasteiger partial charge in [-0.1, -0.05) is 6.07 Å². The second-order valence-corrected chi connectivity index (χ2v) is 8.24. The van der Waals surface area contributed by atoms with Crippen LogP contribution in [0.1, 0.15) is 43.0 Å². The zero-order valence-corrected chi connectivity index (χ0v) is 18.3. The monoisotopic (exact) mass is 443 g/mol. The van der Waals surface area contributed by atoms with Crippen LogP contribution in [0.25, 0.3) is 0 Å². The molecule has 10 heteroatoms. The van der Waals surface area contributed by atoms with E-state index in [0.29, 0.717) is 19.6 Å². The number of aryl methyl sites for hydroxylation is 2. The van der Waals surface area contributed by atoms with E-state index in [1.807, 2.05) is 30.4 Å². The molecular formula is C22H29N5O5. The lowest BCUT2D eigenvalue weighted by Gasteiger charge is -2.46. The lowest BCUT2D eigenvalue weighted by atomic mass is 9.78. The summed E-state index contributed by atoms with van der Waals surface area (Å²) in [6.07, 6.45) is 6.25. The summed E-state index contributed by atoms with van der Waals surface area (Å²) in [5.41, 5.74) is 1.84. The third-order valence-corrected chi connectivity index (χ3v) is 6.06. The summed E-state index contributed by atoms with van der Waals surface area (Å²) in [5.74, 6) is -0.0774. The summed E-state index contributed by atoms with van der Waals surface area (Å²) in [4.78, 5) is 47.9. The van der Waals surface area contributed by atoms with Crippen molar-refractivity contribution in [2.24, 2.45) is 13.0 Å². The van der Waals surface area contributed by atoms with Gasteiger partial charge in [-0.25, -0.2) is 0 Å². The molecule has 0 radical (unpaired) electrons. The third kappa shape index (κ3) is 5.06. The standard InChI is InChI=1S/C21H27N5O3.CH2O2/c1-14(27)25-12-16-9-17(13-25)20(26-18(16)6-3-7-19(26)28)21(29)22-8-4-5-15-10-23-24(2)11-15;2-1-3/h3,6-7,10-11,16-17,20H,4-5,8-9,12-13H2,1-2H3,(H,22,29);1H,(H,2,3)/t16-,17+,20-;/m1./s1. The lowest BCUT2D eigenvalue weighted by molar-refractivity contribution is -0.135. The van der Waals surface area contributed by atoms with Gasteiger partial charge in [-0.3, -0.25) is 28.4 Å². The molecule has 0 spiro atoms. The van der Waals surface area contributed by atoms with Crippen LogP contribution < -0.4 is 10.9 Å². The number of carbonyl (C=O) groups excluding carboxylic acids is 2. The van der Waals surface area contributed by atoms with E-state index in [4.69, 9.17) is 9.90 Å². The smallest absolute Gasteiger partial charge is 0.290 e. The Morgan fingerprint density at radius 1 is 1.31 bits per heavy atom. The van der Waals surface area contributed by atoms with Crippen LogP contribution in [0.3, 0.4) is 0 Å². The van der Waals surface area contributed by atoms with E-state index in [1.165, 1.54) is 6.07 Å². The molecular weight excluding hydrogens is 414 g/mol. The van der Waals surface area contributed by atoms with Crippen LogP contribution in [0.5, 0.6) is 0 Å². The minimum Gasteiger partial charge on any atom is -0.483 e. The second-order valence-electron chi connectivity index (χ2n) is 8.24. The van der Waals surface area contributed by atoms with E-state index in [9.17, 15) is 14.4 Å². The van der Waals surface area contributed by atoms with Crippen LogP contribution in [0.2, 0.25) is 0 Å². The number of carbonyl (C=O) groups is 3. The van der Waals surface area contributed by atoms with Gasteiger partial charge in [0.15, 0.2) is 0 Å². The third-order valence-electron chi connectivity index (χ3n) is 6.06. The molecule has 2 aromatic rings. The van der Waals surface area contributed by atoms with Crippen molar-refractivity contribution in [2.75, 3.05) is 19.6 Å². The number of piperidine rings is 1. The lowest BCUT2D eigenvalue weighted by Crippen LogP contribution is -2.54. The fourth-order valence-electron chi connectivity index (χ4n) is 4.74. The molecule has 0 saturated carbocycles. The summed E-state index contributed by atoms with van der Waals surface area (Å²) in [7, 11) is 1.88. The Morgan fingerprint density at radius 3 is 2.72 bits per heavy atom. The van der Waals surface area contributed by atoms with E-state index in [-0.39, 0.29) is 35.7 Å². The number of nitrogens with one attached hydrogen (secondary N) is 1. The summed E-state index contributed by atoms with van der Waals surface area (Å²) < 4.78 is 3.42. The van der Waals surface area contributed by atoms with Crippen LogP contribution in [0.15, 0.2) is 35.4 Å². The number of nitrogens with zero attached hydrogens (tertiary/aromatic N) is 4. The highest BCUT2D eigenvalue weighted by Crippen LogP contribution is 2.41. The fourth-order valence-corrected chi connectivity index (χ4v) is 4.74. The summed E-state index contributed by atoms with van der Waals surface area (Å²) in [6.45, 7) is 2.97. The maximum Gasteiger partial charge on any atom is 0.290 e. The van der Waals surface area contributed by atoms with Crippen molar-refractivity contribution in [3.63, 3.8) is 0 Å². The highest BCUT2D eigenvalue weighted by Gasteiger charge is 2.44. The van der Waals surface area contributed by atoms with E-state index >= 15 is 0 Å². The van der Waals surface area contributed by atoms with Crippen LogP contribution in [-0.4, -0.2) is 62.3 Å². The average molecular weight is 444 g/mol. The van der Waals surface area contributed by atoms with Crippen LogP contribution >= 0.6 is 0 Å². The molecule has 0 unspecified atom stereocenters. The van der Waals surface area contributed by atoms with Gasteiger partial charge in [0.2, 0.25) is 11.8 Å². The van der Waals surface area contributed by atoms with E-state index in [0.717, 1.165) is 30.5 Å². The Bertz CT molecular complexity index is 1030. The molecule has 0 aliphatic carbocycles. The molecule has 2 aliphatic rings. The Morgan fingerprint density at radius 2 is 2.06 bits per heavy atom. The Kier molecular flexibility index (Phi) is 7.45. The Labute approximate surface area is 185 Å². The molecule has 1 fully saturated rings. The Balaban J connectivity index is 0.000000913. The molecule has 0 aromatic carbocycles. The molecule has 2 amide bonds. The number of pyridine rings is 1. The number of carboxylic acid groups (broad SMARTS) is 1. The molecule has 2 aromatic heterocycles. The molecule has 32 heavy (non-hydrogen) atoms. The fraction of sp³-hybridized carbons (Fsp3) is 0.500. The maximum absolute atomic E-state index is 13.1. The zero-order valence-electron chi connectivity index (χ0n) is 18.3. The molecule has 2 N–H and O–H groups in total. The van der Waals surface area contributed by atoms with Crippen molar-refractivity contribution in [1.82, 2.24) is 24.6 Å². The first-order chi connectivity index (χ1) is 15.3. The van der Waals surface area contributed by atoms with Gasteiger partial charge >= 0.3 is 0 Å².